The van der Waals surface area contributed by atoms with E-state index in [4.69, 9.17) is 0 Å². The number of hydrogen-bond donors (Lipinski definition) is 0. The molecule has 0 N–H and O–H groups in total. The highest BCUT2D eigenvalue weighted by atomic mass is 15.1. The maximum atomic E-state index is 2.77. The third-order valence-corrected chi connectivity index (χ3v) is 3.83. The fourth-order valence-corrected chi connectivity index (χ4v) is 3.18. The Balaban J connectivity index is 5.29. The van der Waals surface area contributed by atoms with Crippen molar-refractivity contribution in [3.8, 4) is 0 Å². The van der Waals surface area contributed by atoms with E-state index in [0.29, 0.717) is 19.0 Å². The minimum absolute atomic E-state index is 0.255. The van der Waals surface area contributed by atoms with Crippen molar-refractivity contribution in [3.63, 3.8) is 0 Å². The summed E-state index contributed by atoms with van der Waals surface area (Å²) in [5.41, 5.74) is 0.255. The van der Waals surface area contributed by atoms with Crippen molar-refractivity contribution in [1.82, 2.24) is 4.72 Å². The summed E-state index contributed by atoms with van der Waals surface area (Å²) >= 11 is 0. The van der Waals surface area contributed by atoms with Crippen LogP contribution < -0.4 is 0 Å². The Labute approximate surface area is 111 Å². The topological polar surface area (TPSA) is 3.24 Å². The average Bonchev–Trinajstić information content (AvgIpc) is 2.14. The summed E-state index contributed by atoms with van der Waals surface area (Å²) in [5.74, 6) is 0. The molecule has 0 heterocycles. The maximum absolute atomic E-state index is 2.77. The molecule has 0 radical (unpaired) electrons. The van der Waals surface area contributed by atoms with Crippen LogP contribution in [0.1, 0.15) is 62.3 Å². The van der Waals surface area contributed by atoms with Crippen LogP contribution in [-0.2, 0) is 0 Å². The van der Waals surface area contributed by atoms with E-state index >= 15 is 0 Å². The number of hydrogen-bond acceptors (Lipinski definition) is 1. The first-order chi connectivity index (χ1) is 7.59. The predicted molar refractivity (Wildman–Crippen MR) is 84.3 cm³/mol. The molecule has 0 atom stereocenters. The van der Waals surface area contributed by atoms with Gasteiger partial charge in [0.2, 0.25) is 13.7 Å². The monoisotopic (exact) mass is 237 g/mol. The summed E-state index contributed by atoms with van der Waals surface area (Å²) in [7, 11) is 0. The molecule has 100 valence electrons. The lowest BCUT2D eigenvalue weighted by Gasteiger charge is -2.49. The van der Waals surface area contributed by atoms with Crippen LogP contribution in [0.2, 0.25) is 24.3 Å². The smallest absolute Gasteiger partial charge is 0.217 e. The molecule has 0 aliphatic heterocycles. The molecular weight excluding hydrogens is 204 g/mol. The van der Waals surface area contributed by atoms with Crippen molar-refractivity contribution >= 4 is 13.7 Å². The second-order valence-corrected chi connectivity index (χ2v) is 7.34. The summed E-state index contributed by atoms with van der Waals surface area (Å²) in [4.78, 5) is 0. The minimum atomic E-state index is 0.255. The van der Waals surface area contributed by atoms with Gasteiger partial charge in [-0.15, -0.1) is 0 Å². The highest BCUT2D eigenvalue weighted by Gasteiger charge is 2.41. The fourth-order valence-electron chi connectivity index (χ4n) is 3.18. The molecule has 0 fully saturated rings. The van der Waals surface area contributed by atoms with Gasteiger partial charge in [-0.3, -0.25) is 0 Å². The molecule has 0 aromatic heterocycles. The van der Waals surface area contributed by atoms with E-state index in [1.165, 1.54) is 19.0 Å². The largest absolute Gasteiger partial charge is 0.379 e. The van der Waals surface area contributed by atoms with Crippen LogP contribution in [0.25, 0.3) is 0 Å². The predicted octanol–water partition coefficient (Wildman–Crippen LogP) is 4.93. The van der Waals surface area contributed by atoms with Crippen LogP contribution in [0.3, 0.4) is 0 Å². The van der Waals surface area contributed by atoms with E-state index in [1.54, 1.807) is 0 Å². The van der Waals surface area contributed by atoms with Gasteiger partial charge < -0.3 is 4.72 Å². The molecule has 0 saturated heterocycles. The molecule has 0 amide bonds. The highest BCUT2D eigenvalue weighted by Crippen LogP contribution is 2.36. The van der Waals surface area contributed by atoms with Gasteiger partial charge in [0.25, 0.3) is 0 Å². The molecule has 0 aliphatic carbocycles. The van der Waals surface area contributed by atoms with Crippen LogP contribution in [0.5, 0.6) is 0 Å². The first-order valence-electron chi connectivity index (χ1n) is 7.37. The normalized spacial score (nSPS) is 13.1. The van der Waals surface area contributed by atoms with E-state index in [-0.39, 0.29) is 5.54 Å². The average molecular weight is 237 g/mol. The molecule has 0 rings (SSSR count). The molecular formula is C14H33B2N. The molecule has 0 spiro atoms. The molecule has 0 unspecified atom stereocenters. The second kappa shape index (κ2) is 6.31. The van der Waals surface area contributed by atoms with E-state index in [2.05, 4.69) is 67.0 Å². The molecule has 0 aromatic rings. The van der Waals surface area contributed by atoms with Gasteiger partial charge in [0, 0.05) is 0 Å². The minimum Gasteiger partial charge on any atom is -0.379 e. The molecule has 17 heavy (non-hydrogen) atoms. The standard InChI is InChI=1S/C14H33B2N/c1-10-15(11-2)17(14(7,8)9)16(12-3)13(4,5)6/h10-12H2,1-9H3. The van der Waals surface area contributed by atoms with E-state index in [9.17, 15) is 0 Å². The van der Waals surface area contributed by atoms with Crippen LogP contribution >= 0.6 is 0 Å². The molecule has 1 nitrogen and oxygen atoms in total. The zero-order chi connectivity index (χ0) is 13.9. The van der Waals surface area contributed by atoms with E-state index in [1.807, 2.05) is 0 Å². The molecule has 0 saturated carbocycles. The van der Waals surface area contributed by atoms with Crippen molar-refractivity contribution < 1.29 is 0 Å². The fraction of sp³-hybridized carbons (Fsp3) is 1.00. The SMILES string of the molecule is CCB(CC)N(B(CC)C(C)(C)C)C(C)(C)C. The van der Waals surface area contributed by atoms with Crippen LogP contribution in [0.4, 0.5) is 0 Å². The molecule has 0 aromatic carbocycles. The van der Waals surface area contributed by atoms with Gasteiger partial charge in [0.1, 0.15) is 0 Å². The van der Waals surface area contributed by atoms with Crippen molar-refractivity contribution in [3.05, 3.63) is 0 Å². The Hall–Kier alpha value is 0.0899. The van der Waals surface area contributed by atoms with Gasteiger partial charge in [-0.2, -0.15) is 0 Å². The summed E-state index contributed by atoms with van der Waals surface area (Å²) < 4.78 is 2.77. The summed E-state index contributed by atoms with van der Waals surface area (Å²) in [6.07, 6.45) is 3.73. The van der Waals surface area contributed by atoms with Crippen LogP contribution in [-0.4, -0.2) is 24.0 Å². The van der Waals surface area contributed by atoms with Gasteiger partial charge in [0.05, 0.1) is 0 Å². The summed E-state index contributed by atoms with van der Waals surface area (Å²) in [6, 6.07) is 0. The first kappa shape index (κ1) is 17.1. The van der Waals surface area contributed by atoms with Crippen LogP contribution in [0.15, 0.2) is 0 Å². The van der Waals surface area contributed by atoms with Gasteiger partial charge in [-0.25, -0.2) is 0 Å². The Bertz CT molecular complexity index is 211. The summed E-state index contributed by atoms with van der Waals surface area (Å²) in [5, 5.41) is 0.352. The number of nitrogens with zero attached hydrogens (tertiary/aromatic N) is 1. The highest BCUT2D eigenvalue weighted by molar-refractivity contribution is 6.74. The zero-order valence-electron chi connectivity index (χ0n) is 13.7. The van der Waals surface area contributed by atoms with Crippen LogP contribution in [0, 0.1) is 0 Å². The van der Waals surface area contributed by atoms with Gasteiger partial charge in [-0.1, -0.05) is 60.5 Å². The third-order valence-electron chi connectivity index (χ3n) is 3.83. The summed E-state index contributed by atoms with van der Waals surface area (Å²) in [6.45, 7) is 22.6. The van der Waals surface area contributed by atoms with Gasteiger partial charge in [-0.05, 0) is 31.6 Å². The Kier molecular flexibility index (Phi) is 6.35. The van der Waals surface area contributed by atoms with Gasteiger partial charge in [0.15, 0.2) is 0 Å². The van der Waals surface area contributed by atoms with Gasteiger partial charge >= 0.3 is 0 Å². The van der Waals surface area contributed by atoms with Crippen molar-refractivity contribution in [2.45, 2.75) is 92.1 Å². The Morgan fingerprint density at radius 3 is 1.35 bits per heavy atom. The Morgan fingerprint density at radius 2 is 1.18 bits per heavy atom. The molecule has 3 heteroatoms. The first-order valence-corrected chi connectivity index (χ1v) is 7.37. The lowest BCUT2D eigenvalue weighted by Crippen LogP contribution is -2.60. The van der Waals surface area contributed by atoms with Crippen molar-refractivity contribution in [2.75, 3.05) is 0 Å². The molecule has 0 aliphatic rings. The number of rotatable bonds is 5. The van der Waals surface area contributed by atoms with E-state index < -0.39 is 0 Å². The Morgan fingerprint density at radius 1 is 0.765 bits per heavy atom. The lowest BCUT2D eigenvalue weighted by molar-refractivity contribution is 0.346. The lowest BCUT2D eigenvalue weighted by atomic mass is 9.33. The quantitative estimate of drug-likeness (QED) is 0.612. The van der Waals surface area contributed by atoms with E-state index in [0.717, 1.165) is 0 Å². The van der Waals surface area contributed by atoms with Crippen molar-refractivity contribution in [2.24, 2.45) is 0 Å². The zero-order valence-corrected chi connectivity index (χ0v) is 13.7. The molecule has 0 bridgehead atoms. The second-order valence-electron chi connectivity index (χ2n) is 7.34. The van der Waals surface area contributed by atoms with Crippen molar-refractivity contribution in [1.29, 1.82) is 0 Å². The third kappa shape index (κ3) is 4.69. The maximum Gasteiger partial charge on any atom is 0.217 e.